The molecule has 37 heavy (non-hydrogen) atoms. The summed E-state index contributed by atoms with van der Waals surface area (Å²) in [6, 6.07) is -1.17. The van der Waals surface area contributed by atoms with Crippen LogP contribution in [0.5, 0.6) is 0 Å². The Bertz CT molecular complexity index is 1460. The van der Waals surface area contributed by atoms with Crippen LogP contribution in [-0.2, 0) is 26.3 Å². The van der Waals surface area contributed by atoms with Crippen LogP contribution >= 0.6 is 34.9 Å². The van der Waals surface area contributed by atoms with Crippen molar-refractivity contribution in [2.24, 2.45) is 12.2 Å². The largest absolute Gasteiger partial charge is 0.477 e. The number of carbonyl (C=O) groups excluding carboxylic acids is 2. The first-order valence-electron chi connectivity index (χ1n) is 10.1. The molecule has 0 aromatic carbocycles. The number of nitrogens with two attached hydrogens (primary N) is 1. The summed E-state index contributed by atoms with van der Waals surface area (Å²) in [5, 5.41) is 29.7. The molecule has 1 unspecified atom stereocenters. The number of amides is 2. The van der Waals surface area contributed by atoms with Gasteiger partial charge < -0.3 is 26.1 Å². The summed E-state index contributed by atoms with van der Waals surface area (Å²) >= 11 is 2.80. The van der Waals surface area contributed by atoms with Gasteiger partial charge in [0.2, 0.25) is 0 Å². The van der Waals surface area contributed by atoms with E-state index in [4.69, 9.17) is 10.6 Å². The minimum absolute atomic E-state index is 0.0168. The number of fused-ring (bicyclic) bond motifs is 1. The molecule has 0 saturated carbocycles. The summed E-state index contributed by atoms with van der Waals surface area (Å²) in [5.74, 6) is -3.17. The number of nitrogens with zero attached hydrogens (tertiary/aromatic N) is 5. The van der Waals surface area contributed by atoms with E-state index in [0.29, 0.717) is 0 Å². The number of carbonyl (C=O) groups is 3. The van der Waals surface area contributed by atoms with E-state index in [0.717, 1.165) is 39.8 Å². The topological polar surface area (TPSA) is 235 Å². The van der Waals surface area contributed by atoms with Crippen molar-refractivity contribution in [3.05, 3.63) is 43.1 Å². The lowest BCUT2D eigenvalue weighted by Crippen LogP contribution is -2.71. The molecule has 0 aliphatic carbocycles. The molecular formula is C18H18N8O8S3. The Kier molecular flexibility index (Phi) is 7.39. The minimum atomic E-state index is -1.47. The van der Waals surface area contributed by atoms with Gasteiger partial charge in [0.25, 0.3) is 11.8 Å². The molecule has 0 bridgehead atoms. The van der Waals surface area contributed by atoms with Crippen molar-refractivity contribution in [3.8, 4) is 0 Å². The quantitative estimate of drug-likeness (QED) is 0.0739. The predicted octanol–water partition coefficient (Wildman–Crippen LogP) is -2.29. The zero-order valence-electron chi connectivity index (χ0n) is 18.9. The van der Waals surface area contributed by atoms with Gasteiger partial charge in [0.1, 0.15) is 35.4 Å². The van der Waals surface area contributed by atoms with Gasteiger partial charge in [-0.2, -0.15) is 4.98 Å². The number of H-pyrrole nitrogens is 1. The first-order valence-corrected chi connectivity index (χ1v) is 12.9. The number of rotatable bonds is 8. The van der Waals surface area contributed by atoms with Crippen LogP contribution < -0.4 is 22.2 Å². The molecule has 2 aliphatic heterocycles. The summed E-state index contributed by atoms with van der Waals surface area (Å²) in [5.41, 5.74) is 1.70. The van der Waals surface area contributed by atoms with Crippen molar-refractivity contribution in [3.63, 3.8) is 0 Å². The van der Waals surface area contributed by atoms with Crippen LogP contribution in [-0.4, -0.2) is 88.1 Å². The number of oxime groups is 1. The maximum atomic E-state index is 12.9. The van der Waals surface area contributed by atoms with Crippen LogP contribution in [0.1, 0.15) is 5.69 Å². The number of carboxylic acid groups (broad SMARTS) is 1. The van der Waals surface area contributed by atoms with Crippen molar-refractivity contribution in [1.82, 2.24) is 30.0 Å². The van der Waals surface area contributed by atoms with Gasteiger partial charge in [-0.1, -0.05) is 28.7 Å². The monoisotopic (exact) mass is 570 g/mol. The number of anilines is 1. The van der Waals surface area contributed by atoms with Gasteiger partial charge in [-0.15, -0.1) is 11.3 Å². The highest BCUT2D eigenvalue weighted by molar-refractivity contribution is 8.01. The second-order valence-corrected chi connectivity index (χ2v) is 10.4. The number of thiazole rings is 1. The fraction of sp³-hybridized carbons (Fsp3) is 0.333. The van der Waals surface area contributed by atoms with Gasteiger partial charge in [0.05, 0.1) is 0 Å². The Morgan fingerprint density at radius 2 is 2.08 bits per heavy atom. The smallest absolute Gasteiger partial charge is 0.352 e. The third-order valence-electron chi connectivity index (χ3n) is 5.11. The van der Waals surface area contributed by atoms with Gasteiger partial charge in [-0.3, -0.25) is 33.9 Å². The van der Waals surface area contributed by atoms with E-state index >= 15 is 0 Å². The van der Waals surface area contributed by atoms with Crippen LogP contribution in [0.3, 0.4) is 0 Å². The molecule has 19 heteroatoms. The average Bonchev–Trinajstić information content (AvgIpc) is 3.27. The maximum Gasteiger partial charge on any atom is 0.352 e. The van der Waals surface area contributed by atoms with Crippen LogP contribution in [0, 0.1) is 0 Å². The number of aryl methyl sites for hydroxylation is 1. The number of carboxylic acids is 1. The highest BCUT2D eigenvalue weighted by Gasteiger charge is 2.56. The van der Waals surface area contributed by atoms with Crippen LogP contribution in [0.25, 0.3) is 0 Å². The molecule has 3 atom stereocenters. The number of aliphatic carboxylic acids is 1. The average molecular weight is 571 g/mol. The minimum Gasteiger partial charge on any atom is -0.477 e. The Morgan fingerprint density at radius 3 is 2.70 bits per heavy atom. The van der Waals surface area contributed by atoms with Crippen molar-refractivity contribution in [1.29, 1.82) is 0 Å². The number of aromatic amines is 1. The molecule has 16 nitrogen and oxygen atoms in total. The fourth-order valence-electron chi connectivity index (χ4n) is 3.47. The van der Waals surface area contributed by atoms with E-state index in [1.807, 2.05) is 0 Å². The number of nitrogens with one attached hydrogen (secondary N) is 2. The standard InChI is InChI=1S/C18H18N8O8S3/c1-25-18(22-11(28)12(29)23-25)36-3-5-9(15(31)32)26-13(30)8(14(26)37-16(5)33)21-10(27)7(24-34-2)6-4-35-17(19)20-6/h4,8,14,16,33H,3H2,1-2H3,(H2,19,20)(H,21,27)(H,23,29)(H,31,32)/b24-7-/t8-,14-,16?/m1/s1. The molecule has 2 aromatic rings. The Morgan fingerprint density at radius 1 is 1.35 bits per heavy atom. The number of aliphatic hydroxyl groups is 1. The summed E-state index contributed by atoms with van der Waals surface area (Å²) in [4.78, 5) is 74.1. The number of β-lactam (4-membered cyclic amide) rings is 1. The van der Waals surface area contributed by atoms with Crippen molar-refractivity contribution in [2.75, 3.05) is 18.6 Å². The Balaban J connectivity index is 1.56. The maximum absolute atomic E-state index is 12.9. The zero-order chi connectivity index (χ0) is 27.0. The van der Waals surface area contributed by atoms with Crippen LogP contribution in [0.4, 0.5) is 5.13 Å². The molecule has 1 saturated heterocycles. The molecule has 2 aliphatic rings. The number of aromatic nitrogens is 4. The van der Waals surface area contributed by atoms with E-state index in [9.17, 15) is 34.2 Å². The van der Waals surface area contributed by atoms with Gasteiger partial charge in [-0.25, -0.2) is 9.78 Å². The number of hydrogen-bond donors (Lipinski definition) is 5. The summed E-state index contributed by atoms with van der Waals surface area (Å²) < 4.78 is 1.18. The van der Waals surface area contributed by atoms with Gasteiger partial charge in [0, 0.05) is 23.8 Å². The summed E-state index contributed by atoms with van der Waals surface area (Å²) in [6.45, 7) is 0. The van der Waals surface area contributed by atoms with Gasteiger partial charge in [0.15, 0.2) is 16.0 Å². The molecule has 2 aromatic heterocycles. The highest BCUT2D eigenvalue weighted by atomic mass is 32.2. The second-order valence-electron chi connectivity index (χ2n) is 7.40. The number of aliphatic hydroxyl groups excluding tert-OH is 1. The lowest BCUT2D eigenvalue weighted by molar-refractivity contribution is -0.150. The lowest BCUT2D eigenvalue weighted by Gasteiger charge is -2.50. The van der Waals surface area contributed by atoms with Gasteiger partial charge in [-0.05, 0) is 0 Å². The van der Waals surface area contributed by atoms with E-state index < -0.39 is 51.5 Å². The third kappa shape index (κ3) is 4.97. The van der Waals surface area contributed by atoms with Crippen molar-refractivity contribution < 1.29 is 29.4 Å². The van der Waals surface area contributed by atoms with Crippen molar-refractivity contribution in [2.45, 2.75) is 22.0 Å². The van der Waals surface area contributed by atoms with Crippen LogP contribution in [0.2, 0.25) is 0 Å². The molecule has 4 rings (SSSR count). The number of nitrogen functional groups attached to an aromatic ring is 1. The SMILES string of the molecule is CO/N=C(\C(=O)N[C@@H]1C(=O)N2C(C(=O)O)=C(CSc3nc(=O)c(=O)[nH]n3C)C(O)S[C@H]12)c1csc(N)n1. The molecular weight excluding hydrogens is 552 g/mol. The van der Waals surface area contributed by atoms with E-state index in [2.05, 4.69) is 25.5 Å². The van der Waals surface area contributed by atoms with E-state index in [1.54, 1.807) is 0 Å². The second kappa shape index (κ2) is 10.4. The number of thioether (sulfide) groups is 2. The molecule has 2 amide bonds. The fourth-order valence-corrected chi connectivity index (χ4v) is 6.39. The predicted molar refractivity (Wildman–Crippen MR) is 132 cm³/mol. The van der Waals surface area contributed by atoms with Gasteiger partial charge >= 0.3 is 17.1 Å². The normalized spacial score (nSPS) is 21.4. The van der Waals surface area contributed by atoms with Crippen LogP contribution in [0.15, 0.2) is 36.6 Å². The molecule has 0 spiro atoms. The van der Waals surface area contributed by atoms with Crippen molar-refractivity contribution >= 4 is 63.5 Å². The molecule has 6 N–H and O–H groups in total. The molecule has 1 fully saturated rings. The summed E-state index contributed by atoms with van der Waals surface area (Å²) in [7, 11) is 2.65. The highest BCUT2D eigenvalue weighted by Crippen LogP contribution is 2.44. The first-order chi connectivity index (χ1) is 17.5. The zero-order valence-corrected chi connectivity index (χ0v) is 21.3. The Hall–Kier alpha value is -3.68. The van der Waals surface area contributed by atoms with E-state index in [1.165, 1.54) is 24.2 Å². The summed E-state index contributed by atoms with van der Waals surface area (Å²) in [6.07, 6.45) is 0. The molecule has 196 valence electrons. The molecule has 4 heterocycles. The van der Waals surface area contributed by atoms with E-state index in [-0.39, 0.29) is 33.0 Å². The lowest BCUT2D eigenvalue weighted by atomic mass is 10.0. The molecule has 0 radical (unpaired) electrons. The third-order valence-corrected chi connectivity index (χ3v) is 8.17. The first kappa shape index (κ1) is 26.4. The Labute approximate surface area is 218 Å². The number of hydrogen-bond acceptors (Lipinski definition) is 14.